The van der Waals surface area contributed by atoms with Crippen LogP contribution in [0.5, 0.6) is 0 Å². The molecule has 0 unspecified atom stereocenters. The molecule has 5 heteroatoms. The first kappa shape index (κ1) is 13.5. The highest BCUT2D eigenvalue weighted by molar-refractivity contribution is 5.94. The number of carbonyl (C=O) groups excluding carboxylic acids is 1. The maximum absolute atomic E-state index is 13.2. The van der Waals surface area contributed by atoms with Crippen LogP contribution in [0.4, 0.5) is 13.2 Å². The third kappa shape index (κ3) is 2.97. The van der Waals surface area contributed by atoms with Crippen molar-refractivity contribution in [2.24, 2.45) is 11.8 Å². The largest absolute Gasteiger partial charge is 0.338 e. The third-order valence-electron chi connectivity index (χ3n) is 3.87. The minimum absolute atomic E-state index is 0.109. The van der Waals surface area contributed by atoms with E-state index in [-0.39, 0.29) is 5.56 Å². The number of rotatable bonds is 5. The molecule has 1 aromatic rings. The summed E-state index contributed by atoms with van der Waals surface area (Å²) < 4.78 is 39.4. The van der Waals surface area contributed by atoms with E-state index in [1.807, 2.05) is 0 Å². The lowest BCUT2D eigenvalue weighted by atomic mass is 10.1. The predicted octanol–water partition coefficient (Wildman–Crippen LogP) is 3.37. The first-order chi connectivity index (χ1) is 9.54. The molecule has 3 rings (SSSR count). The second kappa shape index (κ2) is 5.11. The molecule has 0 spiro atoms. The Morgan fingerprint density at radius 2 is 1.45 bits per heavy atom. The van der Waals surface area contributed by atoms with Crippen molar-refractivity contribution in [2.45, 2.75) is 25.7 Å². The fraction of sp³-hybridized carbons (Fsp3) is 0.533. The summed E-state index contributed by atoms with van der Waals surface area (Å²) >= 11 is 0. The summed E-state index contributed by atoms with van der Waals surface area (Å²) in [5.74, 6) is -3.54. The maximum Gasteiger partial charge on any atom is 0.254 e. The molecule has 1 aromatic carbocycles. The van der Waals surface area contributed by atoms with Crippen molar-refractivity contribution in [3.05, 3.63) is 35.1 Å². The van der Waals surface area contributed by atoms with Gasteiger partial charge in [-0.25, -0.2) is 13.2 Å². The lowest BCUT2D eigenvalue weighted by Crippen LogP contribution is -2.35. The maximum atomic E-state index is 13.2. The van der Waals surface area contributed by atoms with E-state index >= 15 is 0 Å². The molecule has 2 aliphatic rings. The van der Waals surface area contributed by atoms with Gasteiger partial charge in [0.1, 0.15) is 0 Å². The van der Waals surface area contributed by atoms with Crippen molar-refractivity contribution in [3.63, 3.8) is 0 Å². The lowest BCUT2D eigenvalue weighted by Gasteiger charge is -2.22. The summed E-state index contributed by atoms with van der Waals surface area (Å²) in [6, 6.07) is 1.57. The Kier molecular flexibility index (Phi) is 3.44. The fourth-order valence-electron chi connectivity index (χ4n) is 2.33. The van der Waals surface area contributed by atoms with Crippen LogP contribution in [0.1, 0.15) is 36.0 Å². The highest BCUT2D eigenvalue weighted by Crippen LogP contribution is 2.34. The number of hydrogen-bond donors (Lipinski definition) is 0. The topological polar surface area (TPSA) is 20.3 Å². The predicted molar refractivity (Wildman–Crippen MR) is 67.7 cm³/mol. The van der Waals surface area contributed by atoms with Gasteiger partial charge in [0, 0.05) is 18.7 Å². The van der Waals surface area contributed by atoms with Crippen LogP contribution in [0, 0.1) is 29.3 Å². The van der Waals surface area contributed by atoms with Crippen LogP contribution in [0.25, 0.3) is 0 Å². The zero-order valence-electron chi connectivity index (χ0n) is 11.0. The minimum atomic E-state index is -1.53. The van der Waals surface area contributed by atoms with E-state index in [1.165, 1.54) is 0 Å². The second-order valence-corrected chi connectivity index (χ2v) is 5.85. The van der Waals surface area contributed by atoms with E-state index in [2.05, 4.69) is 0 Å². The normalized spacial score (nSPS) is 18.1. The van der Waals surface area contributed by atoms with E-state index in [9.17, 15) is 18.0 Å². The molecule has 0 bridgehead atoms. The SMILES string of the molecule is O=C(c1cc(F)c(F)c(F)c1)N(CC1CC1)CC1CC1. The Morgan fingerprint density at radius 3 is 1.85 bits per heavy atom. The first-order valence-corrected chi connectivity index (χ1v) is 6.98. The molecule has 0 aliphatic heterocycles. The van der Waals surface area contributed by atoms with E-state index in [4.69, 9.17) is 0 Å². The highest BCUT2D eigenvalue weighted by atomic mass is 19.2. The Balaban J connectivity index is 1.79. The summed E-state index contributed by atoms with van der Waals surface area (Å²) in [4.78, 5) is 14.0. The third-order valence-corrected chi connectivity index (χ3v) is 3.87. The first-order valence-electron chi connectivity index (χ1n) is 6.98. The monoisotopic (exact) mass is 283 g/mol. The van der Waals surface area contributed by atoms with Gasteiger partial charge < -0.3 is 4.90 Å². The molecule has 1 amide bonds. The number of hydrogen-bond acceptors (Lipinski definition) is 1. The molecule has 108 valence electrons. The molecule has 0 heterocycles. The number of amides is 1. The molecule has 2 aliphatic carbocycles. The van der Waals surface area contributed by atoms with Gasteiger partial charge in [-0.2, -0.15) is 0 Å². The van der Waals surface area contributed by atoms with Gasteiger partial charge in [0.2, 0.25) is 0 Å². The van der Waals surface area contributed by atoms with Crippen molar-refractivity contribution in [3.8, 4) is 0 Å². The van der Waals surface area contributed by atoms with Crippen molar-refractivity contribution < 1.29 is 18.0 Å². The molecule has 20 heavy (non-hydrogen) atoms. The van der Waals surface area contributed by atoms with Gasteiger partial charge in [0.25, 0.3) is 5.91 Å². The highest BCUT2D eigenvalue weighted by Gasteiger charge is 2.32. The zero-order chi connectivity index (χ0) is 14.3. The summed E-state index contributed by atoms with van der Waals surface area (Å²) in [7, 11) is 0. The van der Waals surface area contributed by atoms with Crippen LogP contribution < -0.4 is 0 Å². The number of halogens is 3. The van der Waals surface area contributed by atoms with Crippen LogP contribution >= 0.6 is 0 Å². The van der Waals surface area contributed by atoms with Gasteiger partial charge in [-0.05, 0) is 49.7 Å². The number of carbonyl (C=O) groups is 1. The second-order valence-electron chi connectivity index (χ2n) is 5.85. The van der Waals surface area contributed by atoms with Gasteiger partial charge in [0.15, 0.2) is 17.5 Å². The Labute approximate surface area is 115 Å². The van der Waals surface area contributed by atoms with Gasteiger partial charge >= 0.3 is 0 Å². The molecular weight excluding hydrogens is 267 g/mol. The number of benzene rings is 1. The Bertz CT molecular complexity index is 501. The molecule has 0 atom stereocenters. The van der Waals surface area contributed by atoms with E-state index in [1.54, 1.807) is 4.90 Å². The smallest absolute Gasteiger partial charge is 0.254 e. The average Bonchev–Trinajstić information content (AvgIpc) is 3.28. The number of nitrogens with zero attached hydrogens (tertiary/aromatic N) is 1. The van der Waals surface area contributed by atoms with Gasteiger partial charge in [-0.1, -0.05) is 0 Å². The summed E-state index contributed by atoms with van der Waals surface area (Å²) in [6.45, 7) is 1.27. The Hall–Kier alpha value is -1.52. The van der Waals surface area contributed by atoms with Crippen molar-refractivity contribution in [2.75, 3.05) is 13.1 Å². The van der Waals surface area contributed by atoms with E-state index < -0.39 is 23.4 Å². The fourth-order valence-corrected chi connectivity index (χ4v) is 2.33. The quantitative estimate of drug-likeness (QED) is 0.759. The molecule has 0 saturated heterocycles. The Morgan fingerprint density at radius 1 is 1.00 bits per heavy atom. The van der Waals surface area contributed by atoms with Crippen LogP contribution in [-0.2, 0) is 0 Å². The summed E-state index contributed by atoms with van der Waals surface area (Å²) in [5, 5.41) is 0. The summed E-state index contributed by atoms with van der Waals surface area (Å²) in [5.41, 5.74) is -0.109. The van der Waals surface area contributed by atoms with Crippen molar-refractivity contribution in [1.29, 1.82) is 0 Å². The van der Waals surface area contributed by atoms with E-state index in [0.29, 0.717) is 24.9 Å². The van der Waals surface area contributed by atoms with Crippen LogP contribution in [0.15, 0.2) is 12.1 Å². The van der Waals surface area contributed by atoms with Crippen molar-refractivity contribution in [1.82, 2.24) is 4.90 Å². The molecule has 2 fully saturated rings. The standard InChI is InChI=1S/C15H16F3NO/c16-12-5-11(6-13(17)14(12)18)15(20)19(7-9-1-2-9)8-10-3-4-10/h5-6,9-10H,1-4,7-8H2. The van der Waals surface area contributed by atoms with Gasteiger partial charge in [0.05, 0.1) is 0 Å². The van der Waals surface area contributed by atoms with Gasteiger partial charge in [-0.3, -0.25) is 4.79 Å². The summed E-state index contributed by atoms with van der Waals surface area (Å²) in [6.07, 6.45) is 4.39. The van der Waals surface area contributed by atoms with Gasteiger partial charge in [-0.15, -0.1) is 0 Å². The lowest BCUT2D eigenvalue weighted by molar-refractivity contribution is 0.0738. The molecule has 2 nitrogen and oxygen atoms in total. The van der Waals surface area contributed by atoms with Crippen LogP contribution in [-0.4, -0.2) is 23.9 Å². The average molecular weight is 283 g/mol. The molecular formula is C15H16F3NO. The molecule has 0 N–H and O–H groups in total. The molecule has 0 radical (unpaired) electrons. The zero-order valence-corrected chi connectivity index (χ0v) is 11.0. The van der Waals surface area contributed by atoms with E-state index in [0.717, 1.165) is 37.8 Å². The van der Waals surface area contributed by atoms with Crippen LogP contribution in [0.2, 0.25) is 0 Å². The molecule has 0 aromatic heterocycles. The molecule has 2 saturated carbocycles. The van der Waals surface area contributed by atoms with Crippen molar-refractivity contribution >= 4 is 5.91 Å². The minimum Gasteiger partial charge on any atom is -0.338 e. The van der Waals surface area contributed by atoms with Crippen LogP contribution in [0.3, 0.4) is 0 Å².